The molecule has 0 aromatic rings. The number of hydrogen-bond donors (Lipinski definition) is 0. The normalized spacial score (nSPS) is 0. The van der Waals surface area contributed by atoms with Crippen molar-refractivity contribution in [2.24, 2.45) is 0 Å². The number of hydrogen-bond acceptors (Lipinski definition) is 0. The van der Waals surface area contributed by atoms with Gasteiger partial charge >= 0.3 is 48.9 Å². The zero-order valence-electron chi connectivity index (χ0n) is 2.95. The molecule has 56 valence electrons. The van der Waals surface area contributed by atoms with Crippen molar-refractivity contribution in [2.75, 3.05) is 0 Å². The summed E-state index contributed by atoms with van der Waals surface area (Å²) in [4.78, 5) is 0. The third-order valence-electron chi connectivity index (χ3n) is 0. The molecule has 0 aliphatic carbocycles. The quantitative estimate of drug-likeness (QED) is 0.436. The molecule has 8 heavy (non-hydrogen) atoms. The van der Waals surface area contributed by atoms with E-state index in [-0.39, 0.29) is 98.8 Å². The van der Waals surface area contributed by atoms with Crippen LogP contribution in [0.15, 0.2) is 0 Å². The van der Waals surface area contributed by atoms with Crippen molar-refractivity contribution in [1.29, 1.82) is 0 Å². The molecule has 0 nitrogen and oxygen atoms in total. The molecule has 0 rings (SSSR count). The summed E-state index contributed by atoms with van der Waals surface area (Å²) in [5.41, 5.74) is 0. The van der Waals surface area contributed by atoms with Gasteiger partial charge in [0, 0.05) is 21.7 Å². The van der Waals surface area contributed by atoms with Gasteiger partial charge in [-0.05, 0) is 0 Å². The van der Waals surface area contributed by atoms with Crippen molar-refractivity contribution in [3.63, 3.8) is 0 Å². The fourth-order valence-electron chi connectivity index (χ4n) is 0. The van der Waals surface area contributed by atoms with E-state index in [0.29, 0.717) is 0 Å². The van der Waals surface area contributed by atoms with E-state index in [4.69, 9.17) is 0 Å². The molecule has 0 atom stereocenters. The Hall–Kier alpha value is 1.87. The predicted octanol–water partition coefficient (Wildman–Crippen LogP) is -0.00370. The second-order valence-corrected chi connectivity index (χ2v) is 0. The predicted molar refractivity (Wildman–Crippen MR) is 23.6 cm³/mol. The Bertz CT molecular complexity index is 8.49. The Balaban J connectivity index is 0. The van der Waals surface area contributed by atoms with Crippen LogP contribution in [0, 0.1) is 0 Å². The second-order valence-electron chi connectivity index (χ2n) is 0. The molecule has 0 aromatic heterocycles. The van der Waals surface area contributed by atoms with Crippen LogP contribution in [0.2, 0.25) is 0 Å². The molecule has 0 unspecified atom stereocenters. The average molecular weight is 307 g/mol. The van der Waals surface area contributed by atoms with E-state index in [2.05, 4.69) is 0 Å². The summed E-state index contributed by atoms with van der Waals surface area (Å²) in [5, 5.41) is 0. The summed E-state index contributed by atoms with van der Waals surface area (Å²) >= 11 is 0. The van der Waals surface area contributed by atoms with Gasteiger partial charge in [-0.3, -0.25) is 28.2 Å². The first kappa shape index (κ1) is 223. The maximum atomic E-state index is 0. The van der Waals surface area contributed by atoms with Crippen molar-refractivity contribution in [3.8, 4) is 0 Å². The fraction of sp³-hybridized carbons (Fsp3) is 0. The molecule has 0 spiro atoms. The van der Waals surface area contributed by atoms with Crippen molar-refractivity contribution in [2.45, 2.75) is 0 Å². The van der Waals surface area contributed by atoms with Crippen LogP contribution >= 0.6 is 0 Å². The Morgan fingerprint density at radius 2 is 0.375 bits per heavy atom. The molecular weight excluding hydrogens is 299 g/mol. The smallest absolute Gasteiger partial charge is 0 e. The Morgan fingerprint density at radius 3 is 0.375 bits per heavy atom. The maximum Gasteiger partial charge on any atom is 0 e. The minimum atomic E-state index is 0. The minimum Gasteiger partial charge on any atom is 0 e. The Kier molecular flexibility index (Phi) is 4390. The zero-order valence-corrected chi connectivity index (χ0v) is 4.51. The fourth-order valence-corrected chi connectivity index (χ4v) is 0. The summed E-state index contributed by atoms with van der Waals surface area (Å²) < 4.78 is 0. The van der Waals surface area contributed by atoms with Gasteiger partial charge in [-0.25, -0.2) is 0 Å². The van der Waals surface area contributed by atoms with Gasteiger partial charge in [0.05, 0.1) is 0 Å². The molecule has 0 saturated carbocycles. The van der Waals surface area contributed by atoms with Gasteiger partial charge in [0.25, 0.3) is 0 Å². The van der Waals surface area contributed by atoms with Crippen molar-refractivity contribution >= 4 is 48.9 Å². The van der Waals surface area contributed by atoms with E-state index in [9.17, 15) is 0 Å². The van der Waals surface area contributed by atoms with Crippen LogP contribution in [0.1, 0.15) is 0 Å². The monoisotopic (exact) mass is 308 g/mol. The molecule has 0 aliphatic rings. The van der Waals surface area contributed by atoms with Crippen LogP contribution in [-0.4, -0.2) is 48.9 Å². The third-order valence-corrected chi connectivity index (χ3v) is 0. The van der Waals surface area contributed by atoms with Crippen LogP contribution in [0.5, 0.6) is 0 Å². The second kappa shape index (κ2) is 158. The largest absolute Gasteiger partial charge is 0 e. The molecule has 0 amide bonds. The van der Waals surface area contributed by atoms with Gasteiger partial charge in [-0.1, -0.05) is 0 Å². The van der Waals surface area contributed by atoms with Crippen molar-refractivity contribution < 1.29 is 49.9 Å². The number of halogens is 6. The summed E-state index contributed by atoms with van der Waals surface area (Å²) in [5.74, 6) is 0. The van der Waals surface area contributed by atoms with Crippen LogP contribution in [0.25, 0.3) is 0 Å². The van der Waals surface area contributed by atoms with E-state index in [1.807, 2.05) is 0 Å². The Labute approximate surface area is 97.3 Å². The van der Waals surface area contributed by atoms with Gasteiger partial charge in [-0.2, -0.15) is 0 Å². The summed E-state index contributed by atoms with van der Waals surface area (Å²) in [6.45, 7) is 0. The molecule has 0 heterocycles. The first-order chi connectivity index (χ1) is 0. The first-order valence-corrected chi connectivity index (χ1v) is 0. The van der Waals surface area contributed by atoms with Gasteiger partial charge in [0.1, 0.15) is 0 Å². The molecule has 8 heteroatoms. The van der Waals surface area contributed by atoms with Crippen molar-refractivity contribution in [3.05, 3.63) is 0 Å². The topological polar surface area (TPSA) is 0 Å². The van der Waals surface area contributed by atoms with E-state index in [0.717, 1.165) is 0 Å². The molecule has 0 aliphatic heterocycles. The van der Waals surface area contributed by atoms with Crippen LogP contribution in [-0.2, 0) is 21.7 Å². The number of rotatable bonds is 0. The first-order valence-electron chi connectivity index (χ1n) is 0. The van der Waals surface area contributed by atoms with Gasteiger partial charge in [-0.15, -0.1) is 0 Å². The SMILES string of the molecule is F.F.F.F.F.F.[BaH2].[Ti]. The molecule has 0 radical (unpaired) electrons. The van der Waals surface area contributed by atoms with E-state index in [1.54, 1.807) is 0 Å². The van der Waals surface area contributed by atoms with E-state index < -0.39 is 0 Å². The molecular formula is H8BaF6Ti. The molecule has 0 saturated heterocycles. The van der Waals surface area contributed by atoms with Crippen LogP contribution in [0.3, 0.4) is 0 Å². The van der Waals surface area contributed by atoms with Gasteiger partial charge in [0.2, 0.25) is 0 Å². The standard InChI is InChI=1S/Ba.6FH.Ti.2H/h;6*1H;;;. The molecule has 0 bridgehead atoms. The molecule has 0 N–H and O–H groups in total. The Morgan fingerprint density at radius 1 is 0.375 bits per heavy atom. The molecule has 0 fully saturated rings. The van der Waals surface area contributed by atoms with Crippen molar-refractivity contribution in [1.82, 2.24) is 0 Å². The zero-order chi connectivity index (χ0) is 0. The maximum absolute atomic E-state index is 0. The average Bonchev–Trinajstić information content (AvgIpc) is 0. The van der Waals surface area contributed by atoms with E-state index >= 15 is 0 Å². The summed E-state index contributed by atoms with van der Waals surface area (Å²) in [6, 6.07) is 0. The third kappa shape index (κ3) is 107. The van der Waals surface area contributed by atoms with Gasteiger partial charge in [0.15, 0.2) is 0 Å². The van der Waals surface area contributed by atoms with E-state index in [1.165, 1.54) is 0 Å². The van der Waals surface area contributed by atoms with Gasteiger partial charge < -0.3 is 0 Å². The summed E-state index contributed by atoms with van der Waals surface area (Å²) in [7, 11) is 0. The van der Waals surface area contributed by atoms with Crippen LogP contribution in [0.4, 0.5) is 28.2 Å². The van der Waals surface area contributed by atoms with Crippen LogP contribution < -0.4 is 0 Å². The minimum absolute atomic E-state index is 0. The summed E-state index contributed by atoms with van der Waals surface area (Å²) in [6.07, 6.45) is 0. The molecule has 0 aromatic carbocycles.